The van der Waals surface area contributed by atoms with Crippen molar-refractivity contribution in [2.24, 2.45) is 0 Å². The van der Waals surface area contributed by atoms with Gasteiger partial charge in [-0.25, -0.2) is 0 Å². The van der Waals surface area contributed by atoms with Crippen LogP contribution in [-0.2, 0) is 6.54 Å². The highest BCUT2D eigenvalue weighted by atomic mass is 32.2. The van der Waals surface area contributed by atoms with Gasteiger partial charge in [-0.2, -0.15) is 23.1 Å². The minimum absolute atomic E-state index is 0.726. The normalized spacial score (nSPS) is 21.5. The first-order valence-electron chi connectivity index (χ1n) is 5.85. The van der Waals surface area contributed by atoms with Crippen molar-refractivity contribution >= 4 is 23.1 Å². The monoisotopic (exact) mass is 256 g/mol. The predicted molar refractivity (Wildman–Crippen MR) is 74.4 cm³/mol. The summed E-state index contributed by atoms with van der Waals surface area (Å²) < 4.78 is 0. The van der Waals surface area contributed by atoms with Crippen LogP contribution in [0.15, 0.2) is 16.8 Å². The molecule has 0 saturated carbocycles. The lowest BCUT2D eigenvalue weighted by molar-refractivity contribution is 0.305. The molecule has 0 radical (unpaired) electrons. The van der Waals surface area contributed by atoms with E-state index >= 15 is 0 Å². The number of nitrogens with one attached hydrogen (secondary N) is 1. The zero-order valence-corrected chi connectivity index (χ0v) is 11.4. The van der Waals surface area contributed by atoms with Crippen LogP contribution in [0.5, 0.6) is 0 Å². The number of hydrogen-bond acceptors (Lipinski definition) is 4. The lowest BCUT2D eigenvalue weighted by atomic mass is 10.2. The SMILES string of the molecule is CN(CCC1CSCCN1)Cc1ccsc1. The maximum atomic E-state index is 3.59. The molecule has 4 heteroatoms. The van der Waals surface area contributed by atoms with Gasteiger partial charge in [-0.3, -0.25) is 0 Å². The third-order valence-electron chi connectivity index (χ3n) is 2.89. The zero-order chi connectivity index (χ0) is 11.2. The van der Waals surface area contributed by atoms with Crippen LogP contribution in [0.1, 0.15) is 12.0 Å². The summed E-state index contributed by atoms with van der Waals surface area (Å²) in [6.07, 6.45) is 1.27. The minimum Gasteiger partial charge on any atom is -0.312 e. The Balaban J connectivity index is 1.65. The molecule has 1 fully saturated rings. The molecule has 1 N–H and O–H groups in total. The second-order valence-corrected chi connectivity index (χ2v) is 6.31. The van der Waals surface area contributed by atoms with Gasteiger partial charge < -0.3 is 10.2 Å². The molecule has 0 aromatic carbocycles. The summed E-state index contributed by atoms with van der Waals surface area (Å²) in [5.41, 5.74) is 1.44. The Morgan fingerprint density at radius 2 is 2.50 bits per heavy atom. The maximum absolute atomic E-state index is 3.59. The Kier molecular flexibility index (Phi) is 5.16. The van der Waals surface area contributed by atoms with Crippen LogP contribution in [-0.4, -0.2) is 42.6 Å². The standard InChI is InChI=1S/C12H20N2S2/c1-14(8-11-3-6-15-9-11)5-2-12-10-16-7-4-13-12/h3,6,9,12-13H,2,4-5,7-8,10H2,1H3. The fraction of sp³-hybridized carbons (Fsp3) is 0.667. The fourth-order valence-corrected chi connectivity index (χ4v) is 3.61. The number of thioether (sulfide) groups is 1. The average molecular weight is 256 g/mol. The predicted octanol–water partition coefficient (Wildman–Crippen LogP) is 2.28. The van der Waals surface area contributed by atoms with Gasteiger partial charge in [0.1, 0.15) is 0 Å². The molecule has 1 aliphatic heterocycles. The van der Waals surface area contributed by atoms with Crippen LogP contribution in [0.2, 0.25) is 0 Å². The Bertz CT molecular complexity index is 281. The van der Waals surface area contributed by atoms with E-state index in [1.54, 1.807) is 11.3 Å². The van der Waals surface area contributed by atoms with Gasteiger partial charge in [-0.1, -0.05) is 0 Å². The van der Waals surface area contributed by atoms with E-state index in [1.807, 2.05) is 0 Å². The van der Waals surface area contributed by atoms with Gasteiger partial charge in [0.2, 0.25) is 0 Å². The molecule has 1 atom stereocenters. The van der Waals surface area contributed by atoms with Gasteiger partial charge in [-0.05, 0) is 42.4 Å². The first-order chi connectivity index (χ1) is 7.84. The molecule has 0 aliphatic carbocycles. The molecular formula is C12H20N2S2. The Labute approximate surface area is 106 Å². The van der Waals surface area contributed by atoms with Crippen molar-refractivity contribution in [1.82, 2.24) is 10.2 Å². The first-order valence-corrected chi connectivity index (χ1v) is 7.95. The van der Waals surface area contributed by atoms with Crippen LogP contribution in [0.3, 0.4) is 0 Å². The molecule has 90 valence electrons. The molecule has 2 nitrogen and oxygen atoms in total. The molecule has 16 heavy (non-hydrogen) atoms. The molecule has 1 saturated heterocycles. The van der Waals surface area contributed by atoms with Crippen molar-refractivity contribution in [3.8, 4) is 0 Å². The molecule has 1 aromatic heterocycles. The zero-order valence-electron chi connectivity index (χ0n) is 9.82. The van der Waals surface area contributed by atoms with Gasteiger partial charge in [0.15, 0.2) is 0 Å². The summed E-state index contributed by atoms with van der Waals surface area (Å²) >= 11 is 3.87. The van der Waals surface area contributed by atoms with Crippen LogP contribution >= 0.6 is 23.1 Å². The Morgan fingerprint density at radius 1 is 1.56 bits per heavy atom. The van der Waals surface area contributed by atoms with Crippen molar-refractivity contribution in [3.05, 3.63) is 22.4 Å². The second kappa shape index (κ2) is 6.64. The molecular weight excluding hydrogens is 236 g/mol. The third-order valence-corrected chi connectivity index (χ3v) is 4.75. The number of hydrogen-bond donors (Lipinski definition) is 1. The van der Waals surface area contributed by atoms with Gasteiger partial charge >= 0.3 is 0 Å². The smallest absolute Gasteiger partial charge is 0.0238 e. The van der Waals surface area contributed by atoms with E-state index in [0.29, 0.717) is 0 Å². The summed E-state index contributed by atoms with van der Waals surface area (Å²) in [7, 11) is 2.22. The van der Waals surface area contributed by atoms with Crippen molar-refractivity contribution in [3.63, 3.8) is 0 Å². The summed E-state index contributed by atoms with van der Waals surface area (Å²) in [5.74, 6) is 2.56. The molecule has 1 aromatic rings. The van der Waals surface area contributed by atoms with E-state index in [9.17, 15) is 0 Å². The average Bonchev–Trinajstić information content (AvgIpc) is 2.81. The molecule has 0 spiro atoms. The summed E-state index contributed by atoms with van der Waals surface area (Å²) in [5, 5.41) is 7.98. The van der Waals surface area contributed by atoms with Gasteiger partial charge in [0.05, 0.1) is 0 Å². The highest BCUT2D eigenvalue weighted by Crippen LogP contribution is 2.12. The number of thiophene rings is 1. The lowest BCUT2D eigenvalue weighted by Crippen LogP contribution is -2.39. The largest absolute Gasteiger partial charge is 0.312 e. The minimum atomic E-state index is 0.726. The molecule has 2 heterocycles. The first kappa shape index (κ1) is 12.4. The maximum Gasteiger partial charge on any atom is 0.0238 e. The Hall–Kier alpha value is -0.0300. The van der Waals surface area contributed by atoms with E-state index in [0.717, 1.165) is 12.6 Å². The summed E-state index contributed by atoms with van der Waals surface area (Å²) in [4.78, 5) is 2.42. The molecule has 0 amide bonds. The van der Waals surface area contributed by atoms with Crippen molar-refractivity contribution in [2.45, 2.75) is 19.0 Å². The van der Waals surface area contributed by atoms with E-state index < -0.39 is 0 Å². The van der Waals surface area contributed by atoms with Crippen molar-refractivity contribution < 1.29 is 0 Å². The van der Waals surface area contributed by atoms with Crippen LogP contribution in [0, 0.1) is 0 Å². The van der Waals surface area contributed by atoms with Gasteiger partial charge in [0.25, 0.3) is 0 Å². The number of rotatable bonds is 5. The van der Waals surface area contributed by atoms with Crippen LogP contribution < -0.4 is 5.32 Å². The van der Waals surface area contributed by atoms with Crippen LogP contribution in [0.25, 0.3) is 0 Å². The molecule has 1 aliphatic rings. The molecule has 1 unspecified atom stereocenters. The number of nitrogens with zero attached hydrogens (tertiary/aromatic N) is 1. The summed E-state index contributed by atoms with van der Waals surface area (Å²) in [6, 6.07) is 2.94. The fourth-order valence-electron chi connectivity index (χ4n) is 1.95. The van der Waals surface area contributed by atoms with E-state index in [-0.39, 0.29) is 0 Å². The van der Waals surface area contributed by atoms with E-state index in [2.05, 4.69) is 45.9 Å². The highest BCUT2D eigenvalue weighted by molar-refractivity contribution is 7.99. The summed E-state index contributed by atoms with van der Waals surface area (Å²) in [6.45, 7) is 3.46. The van der Waals surface area contributed by atoms with Crippen molar-refractivity contribution in [2.75, 3.05) is 31.6 Å². The highest BCUT2D eigenvalue weighted by Gasteiger charge is 2.13. The van der Waals surface area contributed by atoms with Gasteiger partial charge in [-0.15, -0.1) is 0 Å². The van der Waals surface area contributed by atoms with Crippen molar-refractivity contribution in [1.29, 1.82) is 0 Å². The van der Waals surface area contributed by atoms with Gasteiger partial charge in [0, 0.05) is 30.6 Å². The third kappa shape index (κ3) is 4.09. The topological polar surface area (TPSA) is 15.3 Å². The molecule has 2 rings (SSSR count). The Morgan fingerprint density at radius 3 is 3.19 bits per heavy atom. The van der Waals surface area contributed by atoms with Crippen LogP contribution in [0.4, 0.5) is 0 Å². The van der Waals surface area contributed by atoms with E-state index in [4.69, 9.17) is 0 Å². The molecule has 0 bridgehead atoms. The van der Waals surface area contributed by atoms with E-state index in [1.165, 1.54) is 36.6 Å². The quantitative estimate of drug-likeness (QED) is 0.870. The second-order valence-electron chi connectivity index (χ2n) is 4.38. The lowest BCUT2D eigenvalue weighted by Gasteiger charge is -2.25.